The van der Waals surface area contributed by atoms with E-state index >= 15 is 0 Å². The zero-order valence-electron chi connectivity index (χ0n) is 9.59. The highest BCUT2D eigenvalue weighted by Gasteiger charge is 2.21. The first-order valence-electron chi connectivity index (χ1n) is 4.99. The molecular formula is C8H19NO5S2. The van der Waals surface area contributed by atoms with Gasteiger partial charge in [-0.1, -0.05) is 6.92 Å². The molecule has 1 N–H and O–H groups in total. The van der Waals surface area contributed by atoms with Crippen molar-refractivity contribution in [2.75, 3.05) is 37.5 Å². The second-order valence-corrected chi connectivity index (χ2v) is 7.86. The van der Waals surface area contributed by atoms with Gasteiger partial charge in [0.15, 0.2) is 0 Å². The minimum absolute atomic E-state index is 0.0852. The lowest BCUT2D eigenvalue weighted by Crippen LogP contribution is -2.36. The van der Waals surface area contributed by atoms with E-state index in [1.165, 1.54) is 4.31 Å². The van der Waals surface area contributed by atoms with Crippen LogP contribution in [0.25, 0.3) is 0 Å². The third kappa shape index (κ3) is 6.41. The van der Waals surface area contributed by atoms with Crippen LogP contribution in [0, 0.1) is 0 Å². The standard InChI is InChI=1S/C8H19NO5S2/c1-3-9(5-4-6-10)16(13,14)8-7-15(2,11)12/h10H,3-8H2,1-2H3. The van der Waals surface area contributed by atoms with E-state index in [0.29, 0.717) is 6.42 Å². The van der Waals surface area contributed by atoms with Gasteiger partial charge in [-0.3, -0.25) is 0 Å². The molecule has 0 aromatic rings. The van der Waals surface area contributed by atoms with Gasteiger partial charge in [0.2, 0.25) is 10.0 Å². The molecule has 16 heavy (non-hydrogen) atoms. The summed E-state index contributed by atoms with van der Waals surface area (Å²) in [6, 6.07) is 0. The van der Waals surface area contributed by atoms with Gasteiger partial charge in [-0.15, -0.1) is 0 Å². The summed E-state index contributed by atoms with van der Waals surface area (Å²) >= 11 is 0. The highest BCUT2D eigenvalue weighted by atomic mass is 32.2. The fourth-order valence-electron chi connectivity index (χ4n) is 1.13. The number of aliphatic hydroxyl groups is 1. The highest BCUT2D eigenvalue weighted by molar-refractivity contribution is 7.93. The molecule has 0 aliphatic carbocycles. The Balaban J connectivity index is 4.50. The first-order valence-corrected chi connectivity index (χ1v) is 8.66. The van der Waals surface area contributed by atoms with Gasteiger partial charge in [-0.2, -0.15) is 0 Å². The molecule has 0 spiro atoms. The van der Waals surface area contributed by atoms with Crippen LogP contribution in [-0.2, 0) is 19.9 Å². The molecule has 0 bridgehead atoms. The summed E-state index contributed by atoms with van der Waals surface area (Å²) in [4.78, 5) is 0. The van der Waals surface area contributed by atoms with E-state index in [1.54, 1.807) is 6.92 Å². The first kappa shape index (κ1) is 15.8. The minimum Gasteiger partial charge on any atom is -0.396 e. The van der Waals surface area contributed by atoms with E-state index in [9.17, 15) is 16.8 Å². The lowest BCUT2D eigenvalue weighted by Gasteiger charge is -2.19. The normalized spacial score (nSPS) is 13.2. The summed E-state index contributed by atoms with van der Waals surface area (Å²) < 4.78 is 46.3. The maximum Gasteiger partial charge on any atom is 0.215 e. The van der Waals surface area contributed by atoms with Gasteiger partial charge in [0.05, 0.1) is 11.5 Å². The molecule has 0 saturated heterocycles. The average molecular weight is 273 g/mol. The zero-order valence-corrected chi connectivity index (χ0v) is 11.2. The molecule has 0 aromatic heterocycles. The molecule has 0 amide bonds. The number of rotatable bonds is 8. The lowest BCUT2D eigenvalue weighted by atomic mass is 10.4. The topological polar surface area (TPSA) is 91.8 Å². The van der Waals surface area contributed by atoms with Crippen molar-refractivity contribution in [1.82, 2.24) is 4.31 Å². The van der Waals surface area contributed by atoms with Crippen molar-refractivity contribution in [3.63, 3.8) is 0 Å². The van der Waals surface area contributed by atoms with Crippen molar-refractivity contribution >= 4 is 19.9 Å². The Hall–Kier alpha value is -0.180. The second kappa shape index (κ2) is 6.53. The van der Waals surface area contributed by atoms with E-state index in [4.69, 9.17) is 5.11 Å². The Labute approximate surface area is 97.2 Å². The van der Waals surface area contributed by atoms with Gasteiger partial charge in [0, 0.05) is 26.0 Å². The Bertz CT molecular complexity index is 387. The van der Waals surface area contributed by atoms with Crippen LogP contribution in [0.4, 0.5) is 0 Å². The monoisotopic (exact) mass is 273 g/mol. The molecule has 0 atom stereocenters. The summed E-state index contributed by atoms with van der Waals surface area (Å²) in [5.41, 5.74) is 0. The number of sulfone groups is 1. The largest absolute Gasteiger partial charge is 0.396 e. The first-order chi connectivity index (χ1) is 7.23. The molecule has 0 aliphatic heterocycles. The molecule has 0 unspecified atom stereocenters. The molecule has 0 heterocycles. The molecular weight excluding hydrogens is 254 g/mol. The van der Waals surface area contributed by atoms with E-state index in [2.05, 4.69) is 0 Å². The highest BCUT2D eigenvalue weighted by Crippen LogP contribution is 2.03. The Morgan fingerprint density at radius 2 is 1.69 bits per heavy atom. The minimum atomic E-state index is -3.53. The number of hydrogen-bond acceptors (Lipinski definition) is 5. The van der Waals surface area contributed by atoms with Crippen LogP contribution in [0.5, 0.6) is 0 Å². The van der Waals surface area contributed by atoms with Crippen LogP contribution in [0.2, 0.25) is 0 Å². The molecule has 0 radical (unpaired) electrons. The zero-order chi connectivity index (χ0) is 12.8. The number of aliphatic hydroxyl groups excluding tert-OH is 1. The molecule has 0 rings (SSSR count). The van der Waals surface area contributed by atoms with Crippen molar-refractivity contribution < 1.29 is 21.9 Å². The van der Waals surface area contributed by atoms with Gasteiger partial charge < -0.3 is 5.11 Å². The summed E-state index contributed by atoms with van der Waals surface area (Å²) in [6.07, 6.45) is 1.36. The van der Waals surface area contributed by atoms with E-state index < -0.39 is 25.6 Å². The fraction of sp³-hybridized carbons (Fsp3) is 1.00. The molecule has 8 heteroatoms. The summed E-state index contributed by atoms with van der Waals surface area (Å²) in [5.74, 6) is -0.768. The molecule has 0 saturated carbocycles. The molecule has 0 fully saturated rings. The predicted molar refractivity (Wildman–Crippen MR) is 62.4 cm³/mol. The third-order valence-electron chi connectivity index (χ3n) is 2.02. The van der Waals surface area contributed by atoms with Crippen molar-refractivity contribution in [2.45, 2.75) is 13.3 Å². The van der Waals surface area contributed by atoms with E-state index in [-0.39, 0.29) is 25.4 Å². The molecule has 98 valence electrons. The average Bonchev–Trinajstić information content (AvgIpc) is 2.15. The Morgan fingerprint density at radius 1 is 1.12 bits per heavy atom. The fourth-order valence-corrected chi connectivity index (χ4v) is 4.24. The Kier molecular flexibility index (Phi) is 6.46. The molecule has 0 aromatic carbocycles. The van der Waals surface area contributed by atoms with Crippen LogP contribution in [0.1, 0.15) is 13.3 Å². The summed E-state index contributed by atoms with van der Waals surface area (Å²) in [5, 5.41) is 8.62. The third-order valence-corrected chi connectivity index (χ3v) is 5.18. The molecule has 6 nitrogen and oxygen atoms in total. The van der Waals surface area contributed by atoms with Crippen molar-refractivity contribution in [2.24, 2.45) is 0 Å². The van der Waals surface area contributed by atoms with Crippen LogP contribution < -0.4 is 0 Å². The summed E-state index contributed by atoms with van der Waals surface area (Å²) in [7, 11) is -6.81. The van der Waals surface area contributed by atoms with Gasteiger partial charge in [0.1, 0.15) is 9.84 Å². The second-order valence-electron chi connectivity index (χ2n) is 3.51. The van der Waals surface area contributed by atoms with Gasteiger partial charge in [0.25, 0.3) is 0 Å². The van der Waals surface area contributed by atoms with Gasteiger partial charge >= 0.3 is 0 Å². The van der Waals surface area contributed by atoms with E-state index in [0.717, 1.165) is 6.26 Å². The van der Waals surface area contributed by atoms with Crippen molar-refractivity contribution in [1.29, 1.82) is 0 Å². The van der Waals surface area contributed by atoms with Crippen LogP contribution in [-0.4, -0.2) is 63.7 Å². The van der Waals surface area contributed by atoms with E-state index in [1.807, 2.05) is 0 Å². The van der Waals surface area contributed by atoms with Crippen LogP contribution in [0.3, 0.4) is 0 Å². The maximum atomic E-state index is 11.7. The van der Waals surface area contributed by atoms with Gasteiger partial charge in [-0.05, 0) is 6.42 Å². The van der Waals surface area contributed by atoms with Crippen molar-refractivity contribution in [3.8, 4) is 0 Å². The number of hydrogen-bond donors (Lipinski definition) is 1. The number of sulfonamides is 1. The maximum absolute atomic E-state index is 11.7. The Morgan fingerprint density at radius 3 is 2.06 bits per heavy atom. The molecule has 0 aliphatic rings. The lowest BCUT2D eigenvalue weighted by molar-refractivity contribution is 0.271. The predicted octanol–water partition coefficient (Wildman–Crippen LogP) is -0.935. The van der Waals surface area contributed by atoms with Crippen molar-refractivity contribution in [3.05, 3.63) is 0 Å². The SMILES string of the molecule is CCN(CCCO)S(=O)(=O)CCS(C)(=O)=O. The van der Waals surface area contributed by atoms with Gasteiger partial charge in [-0.25, -0.2) is 21.1 Å². The quantitative estimate of drug-likeness (QED) is 0.616. The summed E-state index contributed by atoms with van der Waals surface area (Å²) in [6.45, 7) is 2.10. The van der Waals surface area contributed by atoms with Crippen LogP contribution >= 0.6 is 0 Å². The number of nitrogens with zero attached hydrogens (tertiary/aromatic N) is 1. The smallest absolute Gasteiger partial charge is 0.215 e. The van der Waals surface area contributed by atoms with Crippen LogP contribution in [0.15, 0.2) is 0 Å².